The van der Waals surface area contributed by atoms with Gasteiger partial charge in [-0.15, -0.1) is 0 Å². The highest BCUT2D eigenvalue weighted by molar-refractivity contribution is 5.70. The van der Waals surface area contributed by atoms with Gasteiger partial charge < -0.3 is 10.2 Å². The van der Waals surface area contributed by atoms with E-state index in [0.717, 1.165) is 37.3 Å². The van der Waals surface area contributed by atoms with Crippen LogP contribution < -0.4 is 10.2 Å². The molecule has 0 aliphatic carbocycles. The average molecular weight is 312 g/mol. The van der Waals surface area contributed by atoms with Crippen molar-refractivity contribution < 1.29 is 4.39 Å². The van der Waals surface area contributed by atoms with E-state index in [-0.39, 0.29) is 11.2 Å². The van der Waals surface area contributed by atoms with Crippen LogP contribution in [0.5, 0.6) is 0 Å². The third-order valence-electron chi connectivity index (χ3n) is 5.25. The lowest BCUT2D eigenvalue weighted by Gasteiger charge is -2.28. The Balaban J connectivity index is 1.97. The van der Waals surface area contributed by atoms with E-state index < -0.39 is 0 Å². The fraction of sp³-hybridized carbons (Fsp3) is 0.400. The summed E-state index contributed by atoms with van der Waals surface area (Å²) in [7, 11) is 0. The number of likely N-dealkylation sites (N-methyl/N-ethyl adjacent to an activating group) is 1. The smallest absolute Gasteiger partial charge is 0.125 e. The molecule has 2 aromatic carbocycles. The van der Waals surface area contributed by atoms with Crippen molar-refractivity contribution in [3.63, 3.8) is 0 Å². The lowest BCUT2D eigenvalue weighted by atomic mass is 9.77. The largest absolute Gasteiger partial charge is 0.371 e. The van der Waals surface area contributed by atoms with Crippen molar-refractivity contribution in [1.82, 2.24) is 0 Å². The highest BCUT2D eigenvalue weighted by Crippen LogP contribution is 2.46. The molecule has 0 aromatic heterocycles. The summed E-state index contributed by atoms with van der Waals surface area (Å²) in [5.41, 5.74) is 4.81. The van der Waals surface area contributed by atoms with Crippen molar-refractivity contribution in [1.29, 1.82) is 0 Å². The van der Waals surface area contributed by atoms with Gasteiger partial charge in [-0.3, -0.25) is 0 Å². The molecule has 0 amide bonds. The zero-order valence-corrected chi connectivity index (χ0v) is 14.2. The van der Waals surface area contributed by atoms with Gasteiger partial charge in [-0.2, -0.15) is 0 Å². The standard InChI is InChI=1S/C20H25FN2/c1-4-20(5-2)14-23(6-3)19-11-10-17(13-18(19)20)22-16-9-7-8-15(21)12-16/h7-13,22H,4-6,14H2,1-3H3. The van der Waals surface area contributed by atoms with E-state index in [2.05, 4.69) is 49.2 Å². The Morgan fingerprint density at radius 2 is 1.78 bits per heavy atom. The van der Waals surface area contributed by atoms with Gasteiger partial charge in [0, 0.05) is 35.6 Å². The average Bonchev–Trinajstić information content (AvgIpc) is 2.89. The maximum Gasteiger partial charge on any atom is 0.125 e. The minimum atomic E-state index is -0.218. The van der Waals surface area contributed by atoms with Gasteiger partial charge in [0.15, 0.2) is 0 Å². The molecule has 0 fully saturated rings. The van der Waals surface area contributed by atoms with Crippen LogP contribution in [-0.4, -0.2) is 13.1 Å². The Labute approximate surface area is 138 Å². The molecule has 2 aromatic rings. The molecule has 0 bridgehead atoms. The van der Waals surface area contributed by atoms with Gasteiger partial charge in [0.2, 0.25) is 0 Å². The zero-order valence-electron chi connectivity index (χ0n) is 14.2. The summed E-state index contributed by atoms with van der Waals surface area (Å²) in [6, 6.07) is 13.2. The van der Waals surface area contributed by atoms with Crippen LogP contribution in [0.4, 0.5) is 21.5 Å². The summed E-state index contributed by atoms with van der Waals surface area (Å²) < 4.78 is 13.4. The monoisotopic (exact) mass is 312 g/mol. The van der Waals surface area contributed by atoms with Crippen LogP contribution in [0.25, 0.3) is 0 Å². The lowest BCUT2D eigenvalue weighted by Crippen LogP contribution is -2.32. The van der Waals surface area contributed by atoms with Crippen LogP contribution in [0.3, 0.4) is 0 Å². The number of rotatable bonds is 5. The predicted molar refractivity (Wildman–Crippen MR) is 96.3 cm³/mol. The maximum absolute atomic E-state index is 13.4. The molecule has 1 N–H and O–H groups in total. The second-order valence-electron chi connectivity index (χ2n) is 6.37. The van der Waals surface area contributed by atoms with Gasteiger partial charge in [-0.25, -0.2) is 4.39 Å². The Morgan fingerprint density at radius 3 is 2.43 bits per heavy atom. The molecule has 3 heteroatoms. The normalized spacial score (nSPS) is 15.6. The topological polar surface area (TPSA) is 15.3 Å². The fourth-order valence-electron chi connectivity index (χ4n) is 3.72. The Morgan fingerprint density at radius 1 is 1.04 bits per heavy atom. The highest BCUT2D eigenvalue weighted by atomic mass is 19.1. The molecule has 1 aliphatic rings. The molecule has 122 valence electrons. The first-order valence-electron chi connectivity index (χ1n) is 8.54. The Kier molecular flexibility index (Phi) is 4.29. The summed E-state index contributed by atoms with van der Waals surface area (Å²) in [5, 5.41) is 3.33. The first-order valence-corrected chi connectivity index (χ1v) is 8.54. The minimum absolute atomic E-state index is 0.218. The van der Waals surface area contributed by atoms with Crippen LogP contribution in [0.15, 0.2) is 42.5 Å². The molecule has 1 heterocycles. The first-order chi connectivity index (χ1) is 11.1. The molecule has 3 rings (SSSR count). The van der Waals surface area contributed by atoms with E-state index >= 15 is 0 Å². The van der Waals surface area contributed by atoms with Crippen LogP contribution in [0.1, 0.15) is 39.2 Å². The van der Waals surface area contributed by atoms with Gasteiger partial charge >= 0.3 is 0 Å². The third kappa shape index (κ3) is 2.80. The van der Waals surface area contributed by atoms with Crippen molar-refractivity contribution in [3.8, 4) is 0 Å². The second-order valence-corrected chi connectivity index (χ2v) is 6.37. The van der Waals surface area contributed by atoms with Crippen molar-refractivity contribution in [2.24, 2.45) is 0 Å². The Hall–Kier alpha value is -2.03. The number of hydrogen-bond acceptors (Lipinski definition) is 2. The van der Waals surface area contributed by atoms with E-state index in [1.54, 1.807) is 6.07 Å². The second kappa shape index (κ2) is 6.23. The summed E-state index contributed by atoms with van der Waals surface area (Å²) in [5.74, 6) is -0.218. The number of halogens is 1. The third-order valence-corrected chi connectivity index (χ3v) is 5.25. The first kappa shape index (κ1) is 15.9. The molecular formula is C20H25FN2. The minimum Gasteiger partial charge on any atom is -0.371 e. The molecule has 0 unspecified atom stereocenters. The number of nitrogens with one attached hydrogen (secondary N) is 1. The summed E-state index contributed by atoms with van der Waals surface area (Å²) >= 11 is 0. The van der Waals surface area contributed by atoms with E-state index in [9.17, 15) is 4.39 Å². The van der Waals surface area contributed by atoms with Crippen molar-refractivity contribution >= 4 is 17.1 Å². The molecular weight excluding hydrogens is 287 g/mol. The molecule has 0 spiro atoms. The van der Waals surface area contributed by atoms with E-state index in [1.807, 2.05) is 6.07 Å². The lowest BCUT2D eigenvalue weighted by molar-refractivity contribution is 0.421. The fourth-order valence-corrected chi connectivity index (χ4v) is 3.72. The van der Waals surface area contributed by atoms with Crippen LogP contribution in [0, 0.1) is 5.82 Å². The van der Waals surface area contributed by atoms with Gasteiger partial charge in [0.05, 0.1) is 0 Å². The predicted octanol–water partition coefficient (Wildman–Crippen LogP) is 5.47. The highest BCUT2D eigenvalue weighted by Gasteiger charge is 2.39. The van der Waals surface area contributed by atoms with Crippen LogP contribution in [0.2, 0.25) is 0 Å². The van der Waals surface area contributed by atoms with E-state index in [4.69, 9.17) is 0 Å². The van der Waals surface area contributed by atoms with Crippen LogP contribution in [-0.2, 0) is 5.41 Å². The molecule has 0 saturated carbocycles. The van der Waals surface area contributed by atoms with E-state index in [1.165, 1.54) is 23.4 Å². The Bertz CT molecular complexity index is 692. The SMILES string of the molecule is CCN1CC(CC)(CC)c2cc(Nc3cccc(F)c3)ccc21. The number of benzene rings is 2. The van der Waals surface area contributed by atoms with Gasteiger partial charge in [-0.05, 0) is 61.7 Å². The zero-order chi connectivity index (χ0) is 16.4. The van der Waals surface area contributed by atoms with Crippen molar-refractivity contribution in [2.75, 3.05) is 23.3 Å². The van der Waals surface area contributed by atoms with E-state index in [0.29, 0.717) is 0 Å². The number of nitrogens with zero attached hydrogens (tertiary/aromatic N) is 1. The van der Waals surface area contributed by atoms with Gasteiger partial charge in [0.25, 0.3) is 0 Å². The molecule has 0 saturated heterocycles. The number of anilines is 3. The maximum atomic E-state index is 13.4. The molecule has 1 aliphatic heterocycles. The molecule has 0 atom stereocenters. The van der Waals surface area contributed by atoms with Crippen LogP contribution >= 0.6 is 0 Å². The molecule has 23 heavy (non-hydrogen) atoms. The summed E-state index contributed by atoms with van der Waals surface area (Å²) in [6.07, 6.45) is 2.27. The summed E-state index contributed by atoms with van der Waals surface area (Å²) in [6.45, 7) is 8.89. The number of hydrogen-bond donors (Lipinski definition) is 1. The molecule has 2 nitrogen and oxygen atoms in total. The van der Waals surface area contributed by atoms with Crippen molar-refractivity contribution in [2.45, 2.75) is 39.0 Å². The summed E-state index contributed by atoms with van der Waals surface area (Å²) in [4.78, 5) is 2.47. The molecule has 0 radical (unpaired) electrons. The quantitative estimate of drug-likeness (QED) is 0.788. The van der Waals surface area contributed by atoms with Crippen molar-refractivity contribution in [3.05, 3.63) is 53.8 Å². The number of fused-ring (bicyclic) bond motifs is 1. The van der Waals surface area contributed by atoms with Gasteiger partial charge in [-0.1, -0.05) is 19.9 Å². The van der Waals surface area contributed by atoms with Gasteiger partial charge in [0.1, 0.15) is 5.82 Å².